The molecule has 3 aromatic rings. The van der Waals surface area contributed by atoms with Gasteiger partial charge in [-0.3, -0.25) is 14.4 Å². The van der Waals surface area contributed by atoms with Gasteiger partial charge in [0, 0.05) is 10.7 Å². The zero-order chi connectivity index (χ0) is 23.7. The van der Waals surface area contributed by atoms with Gasteiger partial charge >= 0.3 is 5.97 Å². The van der Waals surface area contributed by atoms with Gasteiger partial charge in [0.2, 0.25) is 0 Å². The molecule has 1 aliphatic rings. The van der Waals surface area contributed by atoms with Crippen LogP contribution in [0.25, 0.3) is 0 Å². The van der Waals surface area contributed by atoms with Crippen LogP contribution in [-0.4, -0.2) is 30.3 Å². The summed E-state index contributed by atoms with van der Waals surface area (Å²) < 4.78 is 5.09. The van der Waals surface area contributed by atoms with E-state index in [1.54, 1.807) is 50.2 Å². The Balaban J connectivity index is 1.46. The molecular weight excluding hydrogens is 444 g/mol. The zero-order valence-electron chi connectivity index (χ0n) is 17.8. The topological polar surface area (TPSA) is 92.8 Å². The van der Waals surface area contributed by atoms with Crippen LogP contribution >= 0.6 is 11.6 Å². The molecular formula is C25H19ClN2O5. The molecule has 1 heterocycles. The number of hydrogen-bond acceptors (Lipinski definition) is 5. The lowest BCUT2D eigenvalue weighted by Gasteiger charge is -2.16. The highest BCUT2D eigenvalue weighted by Gasteiger charge is 2.37. The predicted octanol–water partition coefficient (Wildman–Crippen LogP) is 4.55. The number of halogens is 1. The molecule has 0 saturated carbocycles. The number of carbonyl (C=O) groups excluding carboxylic acids is 4. The molecule has 33 heavy (non-hydrogen) atoms. The van der Waals surface area contributed by atoms with Gasteiger partial charge in [0.15, 0.2) is 6.61 Å². The van der Waals surface area contributed by atoms with Crippen molar-refractivity contribution in [2.75, 3.05) is 16.8 Å². The molecule has 1 aliphatic heterocycles. The van der Waals surface area contributed by atoms with Gasteiger partial charge in [-0.25, -0.2) is 9.69 Å². The number of esters is 1. The normalized spacial score (nSPS) is 12.5. The molecule has 0 atom stereocenters. The maximum Gasteiger partial charge on any atom is 0.338 e. The van der Waals surface area contributed by atoms with E-state index in [0.29, 0.717) is 16.4 Å². The van der Waals surface area contributed by atoms with Gasteiger partial charge in [-0.15, -0.1) is 0 Å². The molecule has 166 valence electrons. The number of hydrogen-bond donors (Lipinski definition) is 1. The number of benzene rings is 3. The van der Waals surface area contributed by atoms with E-state index in [9.17, 15) is 19.2 Å². The van der Waals surface area contributed by atoms with Crippen LogP contribution in [0.1, 0.15) is 42.2 Å². The first-order chi connectivity index (χ1) is 15.8. The molecule has 0 aromatic heterocycles. The average molecular weight is 463 g/mol. The van der Waals surface area contributed by atoms with Crippen molar-refractivity contribution < 1.29 is 23.9 Å². The monoisotopic (exact) mass is 462 g/mol. The maximum absolute atomic E-state index is 12.9. The van der Waals surface area contributed by atoms with E-state index in [2.05, 4.69) is 5.32 Å². The first kappa shape index (κ1) is 22.2. The molecule has 3 amide bonds. The van der Waals surface area contributed by atoms with E-state index in [0.717, 1.165) is 16.0 Å². The lowest BCUT2D eigenvalue weighted by Crippen LogP contribution is -2.29. The van der Waals surface area contributed by atoms with Crippen LogP contribution in [0.5, 0.6) is 0 Å². The van der Waals surface area contributed by atoms with E-state index in [1.165, 1.54) is 18.2 Å². The van der Waals surface area contributed by atoms with Crippen molar-refractivity contribution in [1.82, 2.24) is 0 Å². The highest BCUT2D eigenvalue weighted by atomic mass is 35.5. The van der Waals surface area contributed by atoms with E-state index >= 15 is 0 Å². The van der Waals surface area contributed by atoms with Gasteiger partial charge in [-0.2, -0.15) is 0 Å². The molecule has 0 unspecified atom stereocenters. The molecule has 0 spiro atoms. The summed E-state index contributed by atoms with van der Waals surface area (Å²) in [7, 11) is 0. The van der Waals surface area contributed by atoms with Gasteiger partial charge in [-0.05, 0) is 61.4 Å². The quantitative estimate of drug-likeness (QED) is 0.443. The van der Waals surface area contributed by atoms with Crippen LogP contribution in [0.4, 0.5) is 11.4 Å². The molecule has 1 N–H and O–H groups in total. The SMILES string of the molecule is Cc1ccc(Cl)cc1NC(=O)COC(=O)c1ccc2c(c1)C(=O)N(c1ccccc1C)C2=O. The Hall–Kier alpha value is -3.97. The zero-order valence-corrected chi connectivity index (χ0v) is 18.6. The first-order valence-electron chi connectivity index (χ1n) is 10.1. The third-order valence-corrected chi connectivity index (χ3v) is 5.52. The fraction of sp³-hybridized carbons (Fsp3) is 0.120. The fourth-order valence-electron chi connectivity index (χ4n) is 3.53. The van der Waals surface area contributed by atoms with Crippen LogP contribution in [0.3, 0.4) is 0 Å². The smallest absolute Gasteiger partial charge is 0.338 e. The molecule has 7 nitrogen and oxygen atoms in total. The third-order valence-electron chi connectivity index (χ3n) is 5.29. The van der Waals surface area contributed by atoms with E-state index in [1.807, 2.05) is 6.07 Å². The number of para-hydroxylation sites is 1. The maximum atomic E-state index is 12.9. The number of fused-ring (bicyclic) bond motifs is 1. The Morgan fingerprint density at radius 2 is 1.64 bits per heavy atom. The number of rotatable bonds is 5. The molecule has 0 saturated heterocycles. The second kappa shape index (κ2) is 8.88. The number of ether oxygens (including phenoxy) is 1. The van der Waals surface area contributed by atoms with Gasteiger partial charge in [0.05, 0.1) is 22.4 Å². The van der Waals surface area contributed by atoms with Gasteiger partial charge < -0.3 is 10.1 Å². The summed E-state index contributed by atoms with van der Waals surface area (Å²) in [5.41, 5.74) is 2.95. The van der Waals surface area contributed by atoms with Crippen molar-refractivity contribution in [2.45, 2.75) is 13.8 Å². The van der Waals surface area contributed by atoms with Crippen molar-refractivity contribution >= 4 is 46.7 Å². The highest BCUT2D eigenvalue weighted by Crippen LogP contribution is 2.31. The van der Waals surface area contributed by atoms with Crippen molar-refractivity contribution in [2.24, 2.45) is 0 Å². The van der Waals surface area contributed by atoms with Crippen LogP contribution in [-0.2, 0) is 9.53 Å². The molecule has 0 bridgehead atoms. The predicted molar refractivity (Wildman–Crippen MR) is 124 cm³/mol. The number of carbonyl (C=O) groups is 4. The Labute approximate surface area is 194 Å². The summed E-state index contributed by atoms with van der Waals surface area (Å²) in [4.78, 5) is 51.5. The lowest BCUT2D eigenvalue weighted by molar-refractivity contribution is -0.119. The van der Waals surface area contributed by atoms with E-state index in [-0.39, 0.29) is 16.7 Å². The molecule has 0 radical (unpaired) electrons. The highest BCUT2D eigenvalue weighted by molar-refractivity contribution is 6.35. The summed E-state index contributed by atoms with van der Waals surface area (Å²) in [6, 6.07) is 16.2. The standard InChI is InChI=1S/C25H19ClN2O5/c1-14-7-9-17(26)12-20(14)27-22(29)13-33-25(32)16-8-10-18-19(11-16)24(31)28(23(18)30)21-6-4-3-5-15(21)2/h3-12H,13H2,1-2H3,(H,27,29). The summed E-state index contributed by atoms with van der Waals surface area (Å²) in [6.45, 7) is 3.09. The largest absolute Gasteiger partial charge is 0.452 e. The minimum Gasteiger partial charge on any atom is -0.452 e. The number of nitrogens with zero attached hydrogens (tertiary/aromatic N) is 1. The second-order valence-electron chi connectivity index (χ2n) is 7.58. The number of amides is 3. The minimum absolute atomic E-state index is 0.0632. The van der Waals surface area contributed by atoms with Crippen LogP contribution in [0.15, 0.2) is 60.7 Å². The van der Waals surface area contributed by atoms with Gasteiger partial charge in [0.1, 0.15) is 0 Å². The van der Waals surface area contributed by atoms with Crippen molar-refractivity contribution in [3.05, 3.63) is 93.5 Å². The first-order valence-corrected chi connectivity index (χ1v) is 10.5. The van der Waals surface area contributed by atoms with Gasteiger partial charge in [0.25, 0.3) is 17.7 Å². The van der Waals surface area contributed by atoms with Crippen molar-refractivity contribution in [1.29, 1.82) is 0 Å². The molecule has 0 fully saturated rings. The lowest BCUT2D eigenvalue weighted by atomic mass is 10.1. The third kappa shape index (κ3) is 4.36. The molecule has 3 aromatic carbocycles. The second-order valence-corrected chi connectivity index (χ2v) is 8.01. The van der Waals surface area contributed by atoms with Crippen LogP contribution < -0.4 is 10.2 Å². The Morgan fingerprint density at radius 3 is 2.39 bits per heavy atom. The Bertz CT molecular complexity index is 1320. The average Bonchev–Trinajstić information content (AvgIpc) is 3.04. The summed E-state index contributed by atoms with van der Waals surface area (Å²) in [6.07, 6.45) is 0. The van der Waals surface area contributed by atoms with E-state index in [4.69, 9.17) is 16.3 Å². The Kier molecular flexibility index (Phi) is 5.98. The summed E-state index contributed by atoms with van der Waals surface area (Å²) in [5.74, 6) is -2.30. The number of nitrogens with one attached hydrogen (secondary N) is 1. The van der Waals surface area contributed by atoms with Crippen LogP contribution in [0.2, 0.25) is 5.02 Å². The minimum atomic E-state index is -0.787. The van der Waals surface area contributed by atoms with Crippen molar-refractivity contribution in [3.8, 4) is 0 Å². The summed E-state index contributed by atoms with van der Waals surface area (Å²) >= 11 is 5.94. The number of imide groups is 1. The van der Waals surface area contributed by atoms with E-state index < -0.39 is 30.3 Å². The Morgan fingerprint density at radius 1 is 0.909 bits per heavy atom. The molecule has 8 heteroatoms. The molecule has 0 aliphatic carbocycles. The van der Waals surface area contributed by atoms with Crippen LogP contribution in [0, 0.1) is 13.8 Å². The fourth-order valence-corrected chi connectivity index (χ4v) is 3.70. The summed E-state index contributed by atoms with van der Waals surface area (Å²) in [5, 5.41) is 3.10. The van der Waals surface area contributed by atoms with Gasteiger partial charge in [-0.1, -0.05) is 35.9 Å². The van der Waals surface area contributed by atoms with Crippen molar-refractivity contribution in [3.63, 3.8) is 0 Å². The number of aryl methyl sites for hydroxylation is 2. The molecule has 4 rings (SSSR count). The number of anilines is 2.